The molecule has 0 aliphatic heterocycles. The Morgan fingerprint density at radius 1 is 0.727 bits per heavy atom. The van der Waals surface area contributed by atoms with Crippen LogP contribution in [0.25, 0.3) is 0 Å². The van der Waals surface area contributed by atoms with Crippen LogP contribution in [0.4, 0.5) is 0 Å². The molecule has 1 radical (unpaired) electrons. The van der Waals surface area contributed by atoms with Gasteiger partial charge in [-0.3, -0.25) is 0 Å². The van der Waals surface area contributed by atoms with E-state index in [2.05, 4.69) is 78.9 Å². The van der Waals surface area contributed by atoms with E-state index < -0.39 is 0 Å². The smallest absolute Gasteiger partial charge is 1.00 e. The number of hydrogen-bond acceptors (Lipinski definition) is 0. The van der Waals surface area contributed by atoms with Gasteiger partial charge in [-0.25, -0.2) is 12.1 Å². The maximum Gasteiger partial charge on any atom is 4.00 e. The second-order valence-corrected chi connectivity index (χ2v) is 6.38. The van der Waals surface area contributed by atoms with Crippen molar-refractivity contribution < 1.29 is 51.0 Å². The topological polar surface area (TPSA) is 0 Å². The molecule has 123 valence electrons. The third-order valence-electron chi connectivity index (χ3n) is 3.53. The second-order valence-electron chi connectivity index (χ2n) is 5.23. The summed E-state index contributed by atoms with van der Waals surface area (Å²) in [5.41, 5.74) is 8.49. The molecule has 0 heterocycles. The van der Waals surface area contributed by atoms with Crippen LogP contribution in [-0.4, -0.2) is 9.52 Å². The van der Waals surface area contributed by atoms with E-state index in [1.54, 1.807) is 0 Å². The molecule has 4 heteroatoms. The molecule has 0 aliphatic carbocycles. The summed E-state index contributed by atoms with van der Waals surface area (Å²) < 4.78 is 0. The Bertz CT molecular complexity index is 404. The quantitative estimate of drug-likeness (QED) is 0.375. The van der Waals surface area contributed by atoms with Crippen molar-refractivity contribution in [3.63, 3.8) is 0 Å². The van der Waals surface area contributed by atoms with Gasteiger partial charge in [0, 0.05) is 9.52 Å². The Hall–Kier alpha value is 0.380. The normalized spacial score (nSPS) is 8.00. The Morgan fingerprint density at radius 3 is 1.00 bits per heavy atom. The van der Waals surface area contributed by atoms with Crippen molar-refractivity contribution in [3.8, 4) is 0 Å². The molecule has 0 nitrogen and oxygen atoms in total. The molecule has 0 saturated heterocycles. The van der Waals surface area contributed by atoms with Crippen LogP contribution in [0, 0.1) is 41.5 Å². The Kier molecular flexibility index (Phi) is 22.4. The van der Waals surface area contributed by atoms with E-state index in [4.69, 9.17) is 0 Å². The van der Waals surface area contributed by atoms with E-state index in [1.165, 1.54) is 33.4 Å². The molecule has 0 atom stereocenters. The average Bonchev–Trinajstić information content (AvgIpc) is 2.82. The summed E-state index contributed by atoms with van der Waals surface area (Å²) in [5, 5.41) is 0. The van der Waals surface area contributed by atoms with Crippen molar-refractivity contribution in [1.82, 2.24) is 0 Å². The maximum atomic E-state index is 2.21. The van der Waals surface area contributed by atoms with Crippen LogP contribution < -0.4 is 24.8 Å². The molecular formula is C18H29Cl2SiZr. The Balaban J connectivity index is -0.000000112. The van der Waals surface area contributed by atoms with Crippen molar-refractivity contribution in [1.29, 1.82) is 0 Å². The molecule has 0 spiro atoms. The van der Waals surface area contributed by atoms with Crippen LogP contribution >= 0.6 is 0 Å². The van der Waals surface area contributed by atoms with Gasteiger partial charge in [-0.1, -0.05) is 54.6 Å². The molecule has 2 aromatic carbocycles. The number of hydrogen-bond donors (Lipinski definition) is 0. The van der Waals surface area contributed by atoms with Gasteiger partial charge in [0.2, 0.25) is 0 Å². The predicted octanol–water partition coefficient (Wildman–Crippen LogP) is -0.814. The largest absolute Gasteiger partial charge is 4.00 e. The monoisotopic (exact) mass is 433 g/mol. The van der Waals surface area contributed by atoms with Crippen LogP contribution in [0.15, 0.2) is 24.3 Å². The minimum atomic E-state index is 0. The second kappa shape index (κ2) is 16.2. The summed E-state index contributed by atoms with van der Waals surface area (Å²) in [5.74, 6) is 0. The fraction of sp³-hybridized carbons (Fsp3) is 0.444. The van der Waals surface area contributed by atoms with E-state index in [9.17, 15) is 0 Å². The SMILES string of the molecule is C[SiH]C.Cc1cc[c-](C)c1C.Cc1cc[c-](C)c1C.[Cl-].[Cl-].[Zr+4]. The molecular weight excluding hydrogens is 406 g/mol. The van der Waals surface area contributed by atoms with E-state index in [0.29, 0.717) is 0 Å². The minimum Gasteiger partial charge on any atom is -1.00 e. The van der Waals surface area contributed by atoms with Crippen LogP contribution in [0.3, 0.4) is 0 Å². The van der Waals surface area contributed by atoms with Gasteiger partial charge in [0.25, 0.3) is 0 Å². The van der Waals surface area contributed by atoms with Crippen LogP contribution in [-0.2, 0) is 26.2 Å². The van der Waals surface area contributed by atoms with E-state index >= 15 is 0 Å². The Morgan fingerprint density at radius 2 is 0.955 bits per heavy atom. The molecule has 2 aromatic rings. The first kappa shape index (κ1) is 30.3. The van der Waals surface area contributed by atoms with Gasteiger partial charge in [0.15, 0.2) is 0 Å². The first-order valence-electron chi connectivity index (χ1n) is 6.98. The third-order valence-corrected chi connectivity index (χ3v) is 3.53. The predicted molar refractivity (Wildman–Crippen MR) is 91.4 cm³/mol. The molecule has 0 unspecified atom stereocenters. The zero-order chi connectivity index (χ0) is 15.0. The number of rotatable bonds is 0. The zero-order valence-corrected chi connectivity index (χ0v) is 20.3. The minimum absolute atomic E-state index is 0. The van der Waals surface area contributed by atoms with Crippen molar-refractivity contribution in [2.24, 2.45) is 0 Å². The molecule has 0 fully saturated rings. The fourth-order valence-corrected chi connectivity index (χ4v) is 1.62. The van der Waals surface area contributed by atoms with Crippen LogP contribution in [0.2, 0.25) is 13.1 Å². The van der Waals surface area contributed by atoms with Crippen LogP contribution in [0.1, 0.15) is 33.4 Å². The summed E-state index contributed by atoms with van der Waals surface area (Å²) in [6.07, 6.45) is 0. The van der Waals surface area contributed by atoms with Gasteiger partial charge in [0.1, 0.15) is 0 Å². The van der Waals surface area contributed by atoms with E-state index in [0.717, 1.165) is 9.52 Å². The fourth-order valence-electron chi connectivity index (χ4n) is 1.62. The summed E-state index contributed by atoms with van der Waals surface area (Å²) in [6.45, 7) is 17.3. The van der Waals surface area contributed by atoms with Crippen LogP contribution in [0.5, 0.6) is 0 Å². The van der Waals surface area contributed by atoms with Gasteiger partial charge >= 0.3 is 26.2 Å². The van der Waals surface area contributed by atoms with E-state index in [1.807, 2.05) is 0 Å². The summed E-state index contributed by atoms with van der Waals surface area (Å²) >= 11 is 0. The number of aryl methyl sites for hydroxylation is 4. The summed E-state index contributed by atoms with van der Waals surface area (Å²) in [7, 11) is 0.750. The molecule has 0 bridgehead atoms. The first-order valence-corrected chi connectivity index (χ1v) is 9.29. The summed E-state index contributed by atoms with van der Waals surface area (Å²) in [4.78, 5) is 0. The number of halogens is 2. The molecule has 0 aromatic heterocycles. The average molecular weight is 436 g/mol. The van der Waals surface area contributed by atoms with Crippen molar-refractivity contribution in [2.45, 2.75) is 54.6 Å². The molecule has 0 saturated carbocycles. The van der Waals surface area contributed by atoms with Gasteiger partial charge in [0.05, 0.1) is 0 Å². The standard InChI is InChI=1S/2C8H11.C2H7Si.2ClH.Zr/c2*1-6-4-5-7(2)8(6)3;1-3-2;;;/h2*4-5H,1-3H3;3H,1-2H3;2*1H;/q2*-1;;;;+4/p-2. The molecule has 0 aliphatic rings. The third kappa shape index (κ3) is 11.0. The van der Waals surface area contributed by atoms with Crippen molar-refractivity contribution >= 4 is 9.52 Å². The van der Waals surface area contributed by atoms with E-state index in [-0.39, 0.29) is 51.0 Å². The maximum absolute atomic E-state index is 2.21. The summed E-state index contributed by atoms with van der Waals surface area (Å²) in [6, 6.07) is 8.63. The van der Waals surface area contributed by atoms with Crippen molar-refractivity contribution in [2.75, 3.05) is 0 Å². The zero-order valence-electron chi connectivity index (χ0n) is 15.1. The first-order chi connectivity index (χ1) is 8.84. The molecule has 0 N–H and O–H groups in total. The molecule has 22 heavy (non-hydrogen) atoms. The van der Waals surface area contributed by atoms with Gasteiger partial charge < -0.3 is 24.8 Å². The van der Waals surface area contributed by atoms with Gasteiger partial charge in [-0.05, 0) is 0 Å². The van der Waals surface area contributed by atoms with Gasteiger partial charge in [-0.2, -0.15) is 45.5 Å². The Labute approximate surface area is 172 Å². The molecule has 0 amide bonds. The molecule has 2 rings (SSSR count). The van der Waals surface area contributed by atoms with Crippen molar-refractivity contribution in [3.05, 3.63) is 57.6 Å². The van der Waals surface area contributed by atoms with Gasteiger partial charge in [-0.15, -0.1) is 0 Å².